The first-order valence-electron chi connectivity index (χ1n) is 8.64. The molecule has 0 bridgehead atoms. The first-order chi connectivity index (χ1) is 12.7. The Morgan fingerprint density at radius 3 is 2.88 bits per heavy atom. The number of pyridine rings is 1. The van der Waals surface area contributed by atoms with Crippen molar-refractivity contribution < 1.29 is 4.79 Å². The van der Waals surface area contributed by atoms with Gasteiger partial charge in [-0.1, -0.05) is 36.4 Å². The van der Waals surface area contributed by atoms with Gasteiger partial charge in [-0.25, -0.2) is 4.98 Å². The lowest BCUT2D eigenvalue weighted by Crippen LogP contribution is -2.36. The van der Waals surface area contributed by atoms with Crippen LogP contribution in [-0.4, -0.2) is 27.3 Å². The third-order valence-corrected chi connectivity index (χ3v) is 5.73. The number of halogens is 1. The third-order valence-electron chi connectivity index (χ3n) is 5.06. The lowest BCUT2D eigenvalue weighted by molar-refractivity contribution is 0.0729. The highest BCUT2D eigenvalue weighted by Gasteiger charge is 2.26. The molecule has 4 aromatic rings. The second-order valence-corrected chi connectivity index (χ2v) is 7.46. The van der Waals surface area contributed by atoms with Crippen molar-refractivity contribution in [2.75, 3.05) is 6.54 Å². The Morgan fingerprint density at radius 2 is 1.96 bits per heavy atom. The summed E-state index contributed by atoms with van der Waals surface area (Å²) in [6.45, 7) is 1.31. The molecule has 3 heterocycles. The Labute approximate surface area is 159 Å². The number of para-hydroxylation sites is 2. The molecule has 1 aliphatic heterocycles. The van der Waals surface area contributed by atoms with Crippen LogP contribution in [0.1, 0.15) is 21.7 Å². The summed E-state index contributed by atoms with van der Waals surface area (Å²) in [4.78, 5) is 23.0. The molecule has 0 saturated heterocycles. The molecule has 0 saturated carbocycles. The van der Waals surface area contributed by atoms with Gasteiger partial charge in [-0.3, -0.25) is 4.79 Å². The highest BCUT2D eigenvalue weighted by molar-refractivity contribution is 9.10. The molecule has 1 N–H and O–H groups in total. The van der Waals surface area contributed by atoms with Gasteiger partial charge in [-0.2, -0.15) is 0 Å². The van der Waals surface area contributed by atoms with Crippen molar-refractivity contribution in [3.05, 3.63) is 76.0 Å². The standard InChI is InChI=1S/C21H16BrN3O/c22-16-6-3-5-14-15-12-25(11-10-18(15)24-20(14)16)21(26)19-9-8-13-4-1-2-7-17(13)23-19/h1-9,24H,10-12H2. The molecule has 2 aromatic heterocycles. The first kappa shape index (κ1) is 15.6. The van der Waals surface area contributed by atoms with Crippen LogP contribution in [0.3, 0.4) is 0 Å². The Hall–Kier alpha value is -2.66. The van der Waals surface area contributed by atoms with Crippen molar-refractivity contribution in [3.8, 4) is 0 Å². The molecule has 128 valence electrons. The van der Waals surface area contributed by atoms with Gasteiger partial charge in [0.25, 0.3) is 5.91 Å². The third kappa shape index (κ3) is 2.42. The number of H-pyrrole nitrogens is 1. The quantitative estimate of drug-likeness (QED) is 0.499. The lowest BCUT2D eigenvalue weighted by Gasteiger charge is -2.27. The van der Waals surface area contributed by atoms with E-state index in [0.29, 0.717) is 18.8 Å². The summed E-state index contributed by atoms with van der Waals surface area (Å²) < 4.78 is 1.05. The van der Waals surface area contributed by atoms with Crippen molar-refractivity contribution >= 4 is 43.6 Å². The van der Waals surface area contributed by atoms with Crippen LogP contribution in [0.5, 0.6) is 0 Å². The van der Waals surface area contributed by atoms with Crippen LogP contribution in [0.4, 0.5) is 0 Å². The summed E-state index contributed by atoms with van der Waals surface area (Å²) in [7, 11) is 0. The number of hydrogen-bond acceptors (Lipinski definition) is 2. The molecule has 1 aliphatic rings. The first-order valence-corrected chi connectivity index (χ1v) is 9.43. The molecule has 0 aliphatic carbocycles. The lowest BCUT2D eigenvalue weighted by atomic mass is 10.0. The fourth-order valence-electron chi connectivity index (χ4n) is 3.72. The predicted molar refractivity (Wildman–Crippen MR) is 106 cm³/mol. The number of nitrogens with zero attached hydrogens (tertiary/aromatic N) is 2. The highest BCUT2D eigenvalue weighted by atomic mass is 79.9. The molecule has 4 nitrogen and oxygen atoms in total. The molecule has 5 rings (SSSR count). The molecule has 26 heavy (non-hydrogen) atoms. The van der Waals surface area contributed by atoms with Crippen molar-refractivity contribution in [3.63, 3.8) is 0 Å². The molecule has 1 amide bonds. The van der Waals surface area contributed by atoms with Gasteiger partial charge in [0.05, 0.1) is 11.0 Å². The highest BCUT2D eigenvalue weighted by Crippen LogP contribution is 2.32. The van der Waals surface area contributed by atoms with Crippen LogP contribution in [-0.2, 0) is 13.0 Å². The number of hydrogen-bond donors (Lipinski definition) is 1. The van der Waals surface area contributed by atoms with Crippen LogP contribution < -0.4 is 0 Å². The van der Waals surface area contributed by atoms with E-state index in [0.717, 1.165) is 27.3 Å². The van der Waals surface area contributed by atoms with Gasteiger partial charge in [0.1, 0.15) is 5.69 Å². The van der Waals surface area contributed by atoms with Gasteiger partial charge in [0.15, 0.2) is 0 Å². The van der Waals surface area contributed by atoms with E-state index in [9.17, 15) is 4.79 Å². The van der Waals surface area contributed by atoms with Gasteiger partial charge in [-0.15, -0.1) is 0 Å². The fourth-order valence-corrected chi connectivity index (χ4v) is 4.19. The molecule has 0 spiro atoms. The summed E-state index contributed by atoms with van der Waals surface area (Å²) in [5, 5.41) is 2.23. The number of rotatable bonds is 1. The van der Waals surface area contributed by atoms with E-state index in [2.05, 4.69) is 32.0 Å². The van der Waals surface area contributed by atoms with Gasteiger partial charge in [0.2, 0.25) is 0 Å². The maximum Gasteiger partial charge on any atom is 0.272 e. The number of fused-ring (bicyclic) bond motifs is 4. The topological polar surface area (TPSA) is 49.0 Å². The number of aromatic nitrogens is 2. The van der Waals surface area contributed by atoms with E-state index in [1.165, 1.54) is 16.6 Å². The molecule has 0 unspecified atom stereocenters. The van der Waals surface area contributed by atoms with Crippen molar-refractivity contribution in [1.82, 2.24) is 14.9 Å². The summed E-state index contributed by atoms with van der Waals surface area (Å²) in [5.74, 6) is -0.00856. The van der Waals surface area contributed by atoms with Gasteiger partial charge in [-0.05, 0) is 34.1 Å². The molecular weight excluding hydrogens is 390 g/mol. The molecule has 5 heteroatoms. The summed E-state index contributed by atoms with van der Waals surface area (Å²) >= 11 is 3.61. The zero-order valence-corrected chi connectivity index (χ0v) is 15.6. The van der Waals surface area contributed by atoms with Crippen LogP contribution in [0.25, 0.3) is 21.8 Å². The van der Waals surface area contributed by atoms with Crippen LogP contribution in [0.2, 0.25) is 0 Å². The number of benzene rings is 2. The number of nitrogens with one attached hydrogen (secondary N) is 1. The summed E-state index contributed by atoms with van der Waals surface area (Å²) in [6.07, 6.45) is 0.829. The zero-order chi connectivity index (χ0) is 17.7. The Kier molecular flexibility index (Phi) is 3.57. The van der Waals surface area contributed by atoms with Crippen molar-refractivity contribution in [1.29, 1.82) is 0 Å². The summed E-state index contributed by atoms with van der Waals surface area (Å²) in [5.41, 5.74) is 4.90. The summed E-state index contributed by atoms with van der Waals surface area (Å²) in [6, 6.07) is 17.8. The van der Waals surface area contributed by atoms with E-state index in [1.807, 2.05) is 53.4 Å². The Bertz CT molecular complexity index is 1160. The maximum absolute atomic E-state index is 13.0. The minimum Gasteiger partial charge on any atom is -0.357 e. The minimum absolute atomic E-state index is 0.00856. The zero-order valence-electron chi connectivity index (χ0n) is 14.0. The van der Waals surface area contributed by atoms with E-state index in [4.69, 9.17) is 0 Å². The number of amides is 1. The van der Waals surface area contributed by atoms with Crippen LogP contribution >= 0.6 is 15.9 Å². The molecule has 0 radical (unpaired) electrons. The van der Waals surface area contributed by atoms with E-state index in [1.54, 1.807) is 0 Å². The predicted octanol–water partition coefficient (Wildman–Crippen LogP) is 4.68. The smallest absolute Gasteiger partial charge is 0.272 e. The van der Waals surface area contributed by atoms with E-state index < -0.39 is 0 Å². The molecular formula is C21H16BrN3O. The van der Waals surface area contributed by atoms with Crippen LogP contribution in [0, 0.1) is 0 Å². The Balaban J connectivity index is 1.50. The van der Waals surface area contributed by atoms with Gasteiger partial charge >= 0.3 is 0 Å². The van der Waals surface area contributed by atoms with Gasteiger partial charge in [0, 0.05) is 46.0 Å². The SMILES string of the molecule is O=C(c1ccc2ccccc2n1)N1CCc2[nH]c3c(Br)cccc3c2C1. The molecule has 2 aromatic carbocycles. The van der Waals surface area contributed by atoms with E-state index >= 15 is 0 Å². The molecule has 0 fully saturated rings. The average Bonchev–Trinajstić information content (AvgIpc) is 3.06. The average molecular weight is 406 g/mol. The maximum atomic E-state index is 13.0. The normalized spacial score (nSPS) is 14.0. The molecule has 0 atom stereocenters. The monoisotopic (exact) mass is 405 g/mol. The minimum atomic E-state index is -0.00856. The number of aromatic amines is 1. The Morgan fingerprint density at radius 1 is 1.08 bits per heavy atom. The van der Waals surface area contributed by atoms with Crippen molar-refractivity contribution in [2.45, 2.75) is 13.0 Å². The number of carbonyl (C=O) groups excluding carboxylic acids is 1. The van der Waals surface area contributed by atoms with E-state index in [-0.39, 0.29) is 5.91 Å². The number of carbonyl (C=O) groups is 1. The second-order valence-electron chi connectivity index (χ2n) is 6.61. The second kappa shape index (κ2) is 5.95. The largest absolute Gasteiger partial charge is 0.357 e. The van der Waals surface area contributed by atoms with Crippen molar-refractivity contribution in [2.24, 2.45) is 0 Å². The van der Waals surface area contributed by atoms with Crippen LogP contribution in [0.15, 0.2) is 59.1 Å². The fraction of sp³-hybridized carbons (Fsp3) is 0.143. The van der Waals surface area contributed by atoms with Gasteiger partial charge < -0.3 is 9.88 Å².